The Hall–Kier alpha value is -2.64. The van der Waals surface area contributed by atoms with Gasteiger partial charge in [0.05, 0.1) is 27.4 Å². The van der Waals surface area contributed by atoms with Crippen LogP contribution < -0.4 is 10.1 Å². The number of aromatic hydroxyl groups is 1. The molecule has 2 fully saturated rings. The molecule has 46 heavy (non-hydrogen) atoms. The molecule has 0 radical (unpaired) electrons. The Bertz CT molecular complexity index is 1090. The summed E-state index contributed by atoms with van der Waals surface area (Å²) in [6.07, 6.45) is -8.54. The number of esters is 1. The van der Waals surface area contributed by atoms with Gasteiger partial charge < -0.3 is 69.5 Å². The van der Waals surface area contributed by atoms with E-state index in [1.807, 2.05) is 0 Å². The summed E-state index contributed by atoms with van der Waals surface area (Å²) in [4.78, 5) is 24.5. The van der Waals surface area contributed by atoms with Gasteiger partial charge in [-0.15, -0.1) is 0 Å². The van der Waals surface area contributed by atoms with Crippen LogP contribution in [0.5, 0.6) is 11.5 Å². The van der Waals surface area contributed by atoms with Crippen LogP contribution in [0, 0.1) is 0 Å². The SMILES string of the molecule is COC(=O)CCCCCCCCO[C@@H]1OC(CO)[C@@H](OC2OC(CO)[C@H](O)C(O)C2O)C(O)C1NC(=O)c1ccc(O)c(OC)c1. The van der Waals surface area contributed by atoms with Gasteiger partial charge in [0, 0.05) is 18.6 Å². The number of nitrogens with one attached hydrogen (secondary N) is 1. The largest absolute Gasteiger partial charge is 0.504 e. The minimum atomic E-state index is -1.80. The molecule has 2 aliphatic rings. The van der Waals surface area contributed by atoms with Gasteiger partial charge in [-0.05, 0) is 31.0 Å². The number of aliphatic hydroxyl groups is 6. The first-order chi connectivity index (χ1) is 22.1. The molecule has 3 rings (SSSR count). The molecule has 16 nitrogen and oxygen atoms in total. The minimum Gasteiger partial charge on any atom is -0.504 e. The van der Waals surface area contributed by atoms with Crippen LogP contribution in [-0.2, 0) is 28.5 Å². The van der Waals surface area contributed by atoms with Crippen LogP contribution in [0.3, 0.4) is 0 Å². The summed E-state index contributed by atoms with van der Waals surface area (Å²) in [5.74, 6) is -1.09. The van der Waals surface area contributed by atoms with E-state index in [9.17, 15) is 45.3 Å². The Morgan fingerprint density at radius 1 is 0.826 bits per heavy atom. The normalized spacial score (nSPS) is 31.3. The standard InChI is InChI=1S/C30H47NO15/c1-41-18-13-16(10-11-17(18)34)28(40)31-22-24(37)27(46-30-26(39)25(38)23(36)19(14-32)44-30)20(15-33)45-29(22)43-12-8-6-4-3-5-7-9-21(35)42-2/h10-11,13,19-20,22-27,29-30,32-34,36-39H,3-9,12,14-15H2,1-2H3,(H,31,40)/t19?,20?,22?,23-,24?,25?,26?,27+,29+,30?/m0/s1. The lowest BCUT2D eigenvalue weighted by molar-refractivity contribution is -0.348. The second-order valence-corrected chi connectivity index (χ2v) is 11.2. The summed E-state index contributed by atoms with van der Waals surface area (Å²) in [6.45, 7) is -1.22. The summed E-state index contributed by atoms with van der Waals surface area (Å²) in [5, 5.41) is 74.4. The zero-order valence-corrected chi connectivity index (χ0v) is 26.0. The molecule has 0 bridgehead atoms. The van der Waals surface area contributed by atoms with Gasteiger partial charge in [-0.3, -0.25) is 9.59 Å². The molecule has 0 aliphatic carbocycles. The molecule has 10 atom stereocenters. The third-order valence-corrected chi connectivity index (χ3v) is 8.02. The molecule has 2 heterocycles. The maximum atomic E-state index is 13.3. The summed E-state index contributed by atoms with van der Waals surface area (Å²) in [7, 11) is 2.67. The van der Waals surface area contributed by atoms with E-state index >= 15 is 0 Å². The van der Waals surface area contributed by atoms with Crippen LogP contribution in [0.15, 0.2) is 18.2 Å². The van der Waals surface area contributed by atoms with Gasteiger partial charge in [-0.2, -0.15) is 0 Å². The zero-order valence-electron chi connectivity index (χ0n) is 26.0. The van der Waals surface area contributed by atoms with Gasteiger partial charge in [0.1, 0.15) is 48.8 Å². The first kappa shape index (κ1) is 37.8. The Morgan fingerprint density at radius 2 is 1.48 bits per heavy atom. The van der Waals surface area contributed by atoms with Gasteiger partial charge in [0.15, 0.2) is 24.1 Å². The summed E-state index contributed by atoms with van der Waals surface area (Å²) in [5.41, 5.74) is 0.0727. The number of hydrogen-bond acceptors (Lipinski definition) is 15. The average molecular weight is 662 g/mol. The number of amides is 1. The first-order valence-corrected chi connectivity index (χ1v) is 15.3. The smallest absolute Gasteiger partial charge is 0.305 e. The fraction of sp³-hybridized carbons (Fsp3) is 0.733. The van der Waals surface area contributed by atoms with Crippen molar-refractivity contribution in [3.05, 3.63) is 23.8 Å². The number of aliphatic hydroxyl groups excluding tert-OH is 6. The molecule has 7 unspecified atom stereocenters. The van der Waals surface area contributed by atoms with Crippen molar-refractivity contribution in [3.63, 3.8) is 0 Å². The maximum Gasteiger partial charge on any atom is 0.305 e. The Labute approximate surface area is 266 Å². The molecular formula is C30H47NO15. The van der Waals surface area contributed by atoms with Crippen LogP contribution in [-0.4, -0.2) is 143 Å². The number of rotatable bonds is 17. The number of carbonyl (C=O) groups is 2. The number of hydrogen-bond donors (Lipinski definition) is 8. The molecule has 0 aromatic heterocycles. The van der Waals surface area contributed by atoms with Gasteiger partial charge in [-0.1, -0.05) is 25.7 Å². The van der Waals surface area contributed by atoms with Crippen molar-refractivity contribution in [1.29, 1.82) is 0 Å². The summed E-state index contributed by atoms with van der Waals surface area (Å²) in [6, 6.07) is 2.60. The van der Waals surface area contributed by atoms with Crippen LogP contribution in [0.2, 0.25) is 0 Å². The number of phenolic OH excluding ortho intramolecular Hbond substituents is 1. The lowest BCUT2D eigenvalue weighted by Gasteiger charge is -2.47. The molecule has 0 saturated carbocycles. The predicted molar refractivity (Wildman–Crippen MR) is 157 cm³/mol. The second-order valence-electron chi connectivity index (χ2n) is 11.2. The predicted octanol–water partition coefficient (Wildman–Crippen LogP) is -1.32. The lowest BCUT2D eigenvalue weighted by Crippen LogP contribution is -2.67. The van der Waals surface area contributed by atoms with Crippen LogP contribution in [0.1, 0.15) is 55.3 Å². The first-order valence-electron chi connectivity index (χ1n) is 15.3. The Balaban J connectivity index is 1.70. The monoisotopic (exact) mass is 661 g/mol. The van der Waals surface area contributed by atoms with E-state index in [0.29, 0.717) is 12.8 Å². The Morgan fingerprint density at radius 3 is 2.13 bits per heavy atom. The van der Waals surface area contributed by atoms with Crippen molar-refractivity contribution in [1.82, 2.24) is 5.32 Å². The van der Waals surface area contributed by atoms with E-state index in [0.717, 1.165) is 32.1 Å². The van der Waals surface area contributed by atoms with Crippen molar-refractivity contribution < 1.29 is 73.8 Å². The number of methoxy groups -OCH3 is 2. The minimum absolute atomic E-state index is 0.0374. The van der Waals surface area contributed by atoms with Crippen molar-refractivity contribution in [2.75, 3.05) is 34.0 Å². The molecule has 1 aromatic carbocycles. The van der Waals surface area contributed by atoms with Gasteiger partial charge in [0.2, 0.25) is 0 Å². The lowest BCUT2D eigenvalue weighted by atomic mass is 9.95. The zero-order chi connectivity index (χ0) is 33.8. The highest BCUT2D eigenvalue weighted by Crippen LogP contribution is 2.31. The van der Waals surface area contributed by atoms with Crippen molar-refractivity contribution >= 4 is 11.9 Å². The van der Waals surface area contributed by atoms with E-state index in [1.165, 1.54) is 32.4 Å². The number of phenols is 1. The van der Waals surface area contributed by atoms with E-state index in [2.05, 4.69) is 10.1 Å². The van der Waals surface area contributed by atoms with E-state index in [4.69, 9.17) is 23.7 Å². The van der Waals surface area contributed by atoms with Gasteiger partial charge in [0.25, 0.3) is 5.91 Å². The molecule has 8 N–H and O–H groups in total. The Kier molecular flexibility index (Phi) is 15.3. The third-order valence-electron chi connectivity index (χ3n) is 8.02. The number of ether oxygens (including phenoxy) is 6. The average Bonchev–Trinajstić information content (AvgIpc) is 3.06. The topological polar surface area (TPSA) is 243 Å². The molecule has 16 heteroatoms. The van der Waals surface area contributed by atoms with Crippen LogP contribution in [0.4, 0.5) is 0 Å². The van der Waals surface area contributed by atoms with Crippen LogP contribution in [0.25, 0.3) is 0 Å². The van der Waals surface area contributed by atoms with Gasteiger partial charge >= 0.3 is 5.97 Å². The van der Waals surface area contributed by atoms with E-state index in [1.54, 1.807) is 0 Å². The van der Waals surface area contributed by atoms with E-state index in [-0.39, 0.29) is 29.6 Å². The number of carbonyl (C=O) groups excluding carboxylic acids is 2. The highest BCUT2D eigenvalue weighted by atomic mass is 16.7. The molecule has 2 saturated heterocycles. The molecule has 1 amide bonds. The molecule has 0 spiro atoms. The molecular weight excluding hydrogens is 614 g/mol. The highest BCUT2D eigenvalue weighted by Gasteiger charge is 2.51. The fourth-order valence-corrected chi connectivity index (χ4v) is 5.30. The second kappa shape index (κ2) is 18.6. The van der Waals surface area contributed by atoms with E-state index < -0.39 is 80.5 Å². The van der Waals surface area contributed by atoms with Gasteiger partial charge in [-0.25, -0.2) is 0 Å². The summed E-state index contributed by atoms with van der Waals surface area (Å²) >= 11 is 0. The number of benzene rings is 1. The van der Waals surface area contributed by atoms with Crippen molar-refractivity contribution in [2.45, 2.75) is 106 Å². The summed E-state index contributed by atoms with van der Waals surface area (Å²) < 4.78 is 32.7. The third kappa shape index (κ3) is 9.93. The van der Waals surface area contributed by atoms with Crippen molar-refractivity contribution in [3.8, 4) is 11.5 Å². The van der Waals surface area contributed by atoms with Crippen molar-refractivity contribution in [2.24, 2.45) is 0 Å². The maximum absolute atomic E-state index is 13.3. The molecule has 262 valence electrons. The highest BCUT2D eigenvalue weighted by molar-refractivity contribution is 5.95. The quantitative estimate of drug-likeness (QED) is 0.0713. The molecule has 2 aliphatic heterocycles. The number of unbranched alkanes of at least 4 members (excludes halogenated alkanes) is 5. The molecule has 1 aromatic rings. The van der Waals surface area contributed by atoms with Crippen LogP contribution >= 0.6 is 0 Å². The fourth-order valence-electron chi connectivity index (χ4n) is 5.30.